The van der Waals surface area contributed by atoms with E-state index in [1.807, 2.05) is 0 Å². The molecule has 3 rings (SSSR count). The van der Waals surface area contributed by atoms with Crippen LogP contribution in [0.5, 0.6) is 0 Å². The highest BCUT2D eigenvalue weighted by atomic mass is 35.5. The number of halogens is 1. The summed E-state index contributed by atoms with van der Waals surface area (Å²) in [7, 11) is 0. The van der Waals surface area contributed by atoms with Gasteiger partial charge in [0.2, 0.25) is 0 Å². The van der Waals surface area contributed by atoms with Crippen molar-refractivity contribution in [2.24, 2.45) is 0 Å². The Morgan fingerprint density at radius 2 is 1.89 bits per heavy atom. The molecule has 1 saturated carbocycles. The van der Waals surface area contributed by atoms with Gasteiger partial charge < -0.3 is 0 Å². The van der Waals surface area contributed by atoms with Gasteiger partial charge in [0, 0.05) is 0 Å². The Balaban J connectivity index is 1.86. The van der Waals surface area contributed by atoms with Gasteiger partial charge in [-0.1, -0.05) is 43.2 Å². The van der Waals surface area contributed by atoms with Gasteiger partial charge in [-0.15, -0.1) is 11.6 Å². The maximum absolute atomic E-state index is 6.33. The van der Waals surface area contributed by atoms with E-state index in [9.17, 15) is 0 Å². The zero-order chi connectivity index (χ0) is 12.4. The van der Waals surface area contributed by atoms with Crippen LogP contribution in [-0.4, -0.2) is 5.38 Å². The minimum atomic E-state index is 0.231. The molecule has 1 aromatic rings. The summed E-state index contributed by atoms with van der Waals surface area (Å²) in [4.78, 5) is 0. The predicted octanol–water partition coefficient (Wildman–Crippen LogP) is 5.52. The van der Waals surface area contributed by atoms with Crippen LogP contribution in [0.3, 0.4) is 0 Å². The van der Waals surface area contributed by atoms with E-state index in [-0.39, 0.29) is 5.38 Å². The lowest BCUT2D eigenvalue weighted by molar-refractivity contribution is 0.419. The standard InChI is InChI=1S/C17H21Cl/c18-17-10-2-1-5-16(12-17)15-9-4-8-14(11-15)13-6-3-7-13/h4,8-9,11-13,17H,1-3,5-7,10H2. The average molecular weight is 261 g/mol. The largest absolute Gasteiger partial charge is 0.118 e. The highest BCUT2D eigenvalue weighted by Gasteiger charge is 2.20. The fraction of sp³-hybridized carbons (Fsp3) is 0.529. The highest BCUT2D eigenvalue weighted by Crippen LogP contribution is 2.38. The van der Waals surface area contributed by atoms with Crippen LogP contribution in [0.2, 0.25) is 0 Å². The molecule has 0 amide bonds. The maximum atomic E-state index is 6.33. The molecule has 1 unspecified atom stereocenters. The molecule has 0 aliphatic heterocycles. The molecule has 0 aromatic heterocycles. The number of alkyl halides is 1. The third-order valence-corrected chi connectivity index (χ3v) is 4.74. The van der Waals surface area contributed by atoms with Crippen LogP contribution in [-0.2, 0) is 0 Å². The first-order valence-corrected chi connectivity index (χ1v) is 7.72. The van der Waals surface area contributed by atoms with Crippen molar-refractivity contribution in [2.45, 2.75) is 56.2 Å². The molecule has 0 N–H and O–H groups in total. The lowest BCUT2D eigenvalue weighted by Gasteiger charge is -2.26. The Morgan fingerprint density at radius 1 is 1.00 bits per heavy atom. The SMILES string of the molecule is ClC1C=C(c2cccc(C3CCC3)c2)CCCC1. The molecule has 0 nitrogen and oxygen atoms in total. The Kier molecular flexibility index (Phi) is 3.75. The summed E-state index contributed by atoms with van der Waals surface area (Å²) in [5.74, 6) is 0.822. The van der Waals surface area contributed by atoms with Crippen LogP contribution in [0.1, 0.15) is 62.0 Å². The molecule has 1 fully saturated rings. The van der Waals surface area contributed by atoms with E-state index < -0.39 is 0 Å². The molecular weight excluding hydrogens is 240 g/mol. The number of allylic oxidation sites excluding steroid dienone is 2. The van der Waals surface area contributed by atoms with Gasteiger partial charge in [-0.3, -0.25) is 0 Å². The molecule has 0 spiro atoms. The first kappa shape index (κ1) is 12.3. The van der Waals surface area contributed by atoms with Crippen molar-refractivity contribution >= 4 is 17.2 Å². The van der Waals surface area contributed by atoms with Gasteiger partial charge >= 0.3 is 0 Å². The van der Waals surface area contributed by atoms with Crippen molar-refractivity contribution in [3.05, 3.63) is 41.5 Å². The van der Waals surface area contributed by atoms with Gasteiger partial charge in [0.1, 0.15) is 0 Å². The highest BCUT2D eigenvalue weighted by molar-refractivity contribution is 6.22. The second kappa shape index (κ2) is 5.48. The minimum Gasteiger partial charge on any atom is -0.118 e. The fourth-order valence-corrected chi connectivity index (χ4v) is 3.32. The van der Waals surface area contributed by atoms with Crippen molar-refractivity contribution in [2.75, 3.05) is 0 Å². The molecule has 1 heteroatoms. The lowest BCUT2D eigenvalue weighted by Crippen LogP contribution is -2.08. The molecule has 18 heavy (non-hydrogen) atoms. The van der Waals surface area contributed by atoms with Crippen LogP contribution >= 0.6 is 11.6 Å². The van der Waals surface area contributed by atoms with E-state index in [1.54, 1.807) is 0 Å². The summed E-state index contributed by atoms with van der Waals surface area (Å²) in [6.07, 6.45) is 11.3. The zero-order valence-corrected chi connectivity index (χ0v) is 11.6. The Bertz CT molecular complexity index is 443. The maximum Gasteiger partial charge on any atom is 0.0521 e. The van der Waals surface area contributed by atoms with Crippen LogP contribution in [0.25, 0.3) is 5.57 Å². The smallest absolute Gasteiger partial charge is 0.0521 e. The Labute approximate surface area is 115 Å². The molecule has 1 atom stereocenters. The van der Waals surface area contributed by atoms with E-state index >= 15 is 0 Å². The molecule has 0 radical (unpaired) electrons. The third kappa shape index (κ3) is 2.64. The van der Waals surface area contributed by atoms with E-state index in [0.29, 0.717) is 0 Å². The molecule has 2 aliphatic rings. The zero-order valence-electron chi connectivity index (χ0n) is 10.9. The lowest BCUT2D eigenvalue weighted by atomic mass is 9.79. The summed E-state index contributed by atoms with van der Waals surface area (Å²) >= 11 is 6.33. The number of benzene rings is 1. The fourth-order valence-electron chi connectivity index (χ4n) is 3.01. The van der Waals surface area contributed by atoms with Gasteiger partial charge in [0.05, 0.1) is 5.38 Å². The molecule has 0 bridgehead atoms. The molecule has 0 heterocycles. The summed E-state index contributed by atoms with van der Waals surface area (Å²) < 4.78 is 0. The normalized spacial score (nSPS) is 25.2. The third-order valence-electron chi connectivity index (χ3n) is 4.39. The molecule has 2 aliphatic carbocycles. The molecule has 96 valence electrons. The predicted molar refractivity (Wildman–Crippen MR) is 79.1 cm³/mol. The monoisotopic (exact) mass is 260 g/mol. The quantitative estimate of drug-likeness (QED) is 0.614. The molecular formula is C17H21Cl. The Hall–Kier alpha value is -0.750. The summed E-state index contributed by atoms with van der Waals surface area (Å²) in [5.41, 5.74) is 4.41. The van der Waals surface area contributed by atoms with Crippen LogP contribution in [0, 0.1) is 0 Å². The minimum absolute atomic E-state index is 0.231. The Morgan fingerprint density at radius 3 is 2.67 bits per heavy atom. The van der Waals surface area contributed by atoms with Crippen LogP contribution in [0.4, 0.5) is 0 Å². The number of hydrogen-bond acceptors (Lipinski definition) is 0. The van der Waals surface area contributed by atoms with E-state index in [4.69, 9.17) is 11.6 Å². The van der Waals surface area contributed by atoms with Gasteiger partial charge in [0.15, 0.2) is 0 Å². The van der Waals surface area contributed by atoms with Gasteiger partial charge in [-0.25, -0.2) is 0 Å². The molecule has 1 aromatic carbocycles. The van der Waals surface area contributed by atoms with Crippen molar-refractivity contribution in [1.29, 1.82) is 0 Å². The topological polar surface area (TPSA) is 0 Å². The van der Waals surface area contributed by atoms with Crippen LogP contribution in [0.15, 0.2) is 30.3 Å². The summed E-state index contributed by atoms with van der Waals surface area (Å²) in [5, 5.41) is 0.231. The summed E-state index contributed by atoms with van der Waals surface area (Å²) in [6.45, 7) is 0. The van der Waals surface area contributed by atoms with Crippen molar-refractivity contribution in [1.82, 2.24) is 0 Å². The van der Waals surface area contributed by atoms with Crippen LogP contribution < -0.4 is 0 Å². The first-order valence-electron chi connectivity index (χ1n) is 7.28. The second-order valence-corrected chi connectivity index (χ2v) is 6.27. The number of hydrogen-bond donors (Lipinski definition) is 0. The second-order valence-electron chi connectivity index (χ2n) is 5.71. The average Bonchev–Trinajstić information content (AvgIpc) is 2.52. The van der Waals surface area contributed by atoms with Crippen molar-refractivity contribution in [3.63, 3.8) is 0 Å². The first-order chi connectivity index (χ1) is 8.83. The van der Waals surface area contributed by atoms with Gasteiger partial charge in [0.25, 0.3) is 0 Å². The van der Waals surface area contributed by atoms with E-state index in [1.165, 1.54) is 55.2 Å². The van der Waals surface area contributed by atoms with E-state index in [0.717, 1.165) is 12.3 Å². The van der Waals surface area contributed by atoms with Crippen molar-refractivity contribution < 1.29 is 0 Å². The number of rotatable bonds is 2. The van der Waals surface area contributed by atoms with Gasteiger partial charge in [-0.2, -0.15) is 0 Å². The van der Waals surface area contributed by atoms with Gasteiger partial charge in [-0.05, 0) is 54.7 Å². The summed E-state index contributed by atoms with van der Waals surface area (Å²) in [6, 6.07) is 9.17. The molecule has 0 saturated heterocycles. The van der Waals surface area contributed by atoms with Crippen molar-refractivity contribution in [3.8, 4) is 0 Å². The van der Waals surface area contributed by atoms with E-state index in [2.05, 4.69) is 30.3 Å².